The highest BCUT2D eigenvalue weighted by Gasteiger charge is 2.30. The number of aliphatic carboxylic acids is 1. The van der Waals surface area contributed by atoms with E-state index in [1.807, 2.05) is 25.1 Å². The molecule has 0 aromatic heterocycles. The summed E-state index contributed by atoms with van der Waals surface area (Å²) in [6, 6.07) is 10.1. The van der Waals surface area contributed by atoms with Gasteiger partial charge in [-0.25, -0.2) is 4.79 Å². The van der Waals surface area contributed by atoms with Gasteiger partial charge in [0.1, 0.15) is 5.54 Å². The van der Waals surface area contributed by atoms with Crippen molar-refractivity contribution in [3.63, 3.8) is 0 Å². The molecule has 1 amide bonds. The minimum Gasteiger partial charge on any atom is -0.480 e. The van der Waals surface area contributed by atoms with Crippen LogP contribution in [-0.2, 0) is 16.0 Å². The second-order valence-corrected chi connectivity index (χ2v) is 5.70. The normalized spacial score (nSPS) is 12.8. The van der Waals surface area contributed by atoms with Crippen LogP contribution in [0, 0.1) is 5.92 Å². The van der Waals surface area contributed by atoms with Gasteiger partial charge in [-0.2, -0.15) is 0 Å². The van der Waals surface area contributed by atoms with Crippen LogP contribution in [0.1, 0.15) is 39.2 Å². The molecular weight excluding hydrogens is 254 g/mol. The van der Waals surface area contributed by atoms with Crippen molar-refractivity contribution < 1.29 is 14.7 Å². The zero-order valence-corrected chi connectivity index (χ0v) is 12.3. The molecule has 0 saturated heterocycles. The Hall–Kier alpha value is -1.84. The largest absolute Gasteiger partial charge is 0.480 e. The summed E-state index contributed by atoms with van der Waals surface area (Å²) in [5, 5.41) is 11.5. The van der Waals surface area contributed by atoms with E-state index in [1.165, 1.54) is 19.4 Å². The maximum Gasteiger partial charge on any atom is 0.328 e. The number of carboxylic acids is 1. The lowest BCUT2D eigenvalue weighted by atomic mass is 9.98. The molecule has 1 aromatic carbocycles. The van der Waals surface area contributed by atoms with Crippen LogP contribution >= 0.6 is 0 Å². The molecule has 0 heterocycles. The van der Waals surface area contributed by atoms with Gasteiger partial charge in [-0.1, -0.05) is 37.3 Å². The van der Waals surface area contributed by atoms with E-state index < -0.39 is 11.5 Å². The number of amides is 1. The van der Waals surface area contributed by atoms with Crippen molar-refractivity contribution in [2.45, 2.75) is 45.6 Å². The molecule has 2 N–H and O–H groups in total. The number of aryl methyl sites for hydroxylation is 1. The predicted octanol–water partition coefficient (Wildman–Crippen LogP) is 2.62. The zero-order valence-electron chi connectivity index (χ0n) is 12.3. The second kappa shape index (κ2) is 7.08. The van der Waals surface area contributed by atoms with Crippen molar-refractivity contribution in [2.24, 2.45) is 5.92 Å². The van der Waals surface area contributed by atoms with Gasteiger partial charge in [-0.3, -0.25) is 4.79 Å². The van der Waals surface area contributed by atoms with Crippen molar-refractivity contribution in [3.8, 4) is 0 Å². The van der Waals surface area contributed by atoms with Gasteiger partial charge in [0.15, 0.2) is 0 Å². The maximum absolute atomic E-state index is 11.9. The van der Waals surface area contributed by atoms with Crippen molar-refractivity contribution >= 4 is 11.9 Å². The Balaban J connectivity index is 2.37. The van der Waals surface area contributed by atoms with E-state index in [1.54, 1.807) is 0 Å². The molecular formula is C16H23NO3. The maximum atomic E-state index is 11.9. The van der Waals surface area contributed by atoms with Gasteiger partial charge in [0.05, 0.1) is 0 Å². The summed E-state index contributed by atoms with van der Waals surface area (Å²) in [7, 11) is 0. The number of hydrogen-bond acceptors (Lipinski definition) is 2. The third-order valence-corrected chi connectivity index (χ3v) is 3.36. The van der Waals surface area contributed by atoms with E-state index in [0.29, 0.717) is 0 Å². The van der Waals surface area contributed by atoms with Crippen LogP contribution in [0.2, 0.25) is 0 Å². The third-order valence-electron chi connectivity index (χ3n) is 3.36. The third kappa shape index (κ3) is 5.03. The zero-order chi connectivity index (χ0) is 15.2. The first kappa shape index (κ1) is 16.2. The Labute approximate surface area is 120 Å². The molecule has 110 valence electrons. The molecule has 0 saturated carbocycles. The molecule has 4 heteroatoms. The Bertz CT molecular complexity index is 454. The van der Waals surface area contributed by atoms with E-state index in [-0.39, 0.29) is 11.8 Å². The van der Waals surface area contributed by atoms with Crippen molar-refractivity contribution in [1.29, 1.82) is 0 Å². The first-order valence-corrected chi connectivity index (χ1v) is 6.92. The van der Waals surface area contributed by atoms with Crippen LogP contribution in [0.15, 0.2) is 30.3 Å². The fraction of sp³-hybridized carbons (Fsp3) is 0.500. The standard InChI is InChI=1S/C16H23NO3/c1-12(14(18)17-16(2,3)15(19)20)8-7-11-13-9-5-4-6-10-13/h4-6,9-10,12H,7-8,11H2,1-3H3,(H,17,18)(H,19,20). The lowest BCUT2D eigenvalue weighted by molar-refractivity contribution is -0.146. The summed E-state index contributed by atoms with van der Waals surface area (Å²) in [6.45, 7) is 4.81. The molecule has 0 aliphatic heterocycles. The molecule has 20 heavy (non-hydrogen) atoms. The minimum atomic E-state index is -1.22. The van der Waals surface area contributed by atoms with E-state index >= 15 is 0 Å². The quantitative estimate of drug-likeness (QED) is 0.805. The predicted molar refractivity (Wildman–Crippen MR) is 78.4 cm³/mol. The van der Waals surface area contributed by atoms with E-state index in [2.05, 4.69) is 17.4 Å². The Kier molecular flexibility index (Phi) is 5.74. The molecule has 0 radical (unpaired) electrons. The number of carbonyl (C=O) groups excluding carboxylic acids is 1. The van der Waals surface area contributed by atoms with E-state index in [9.17, 15) is 9.59 Å². The highest BCUT2D eigenvalue weighted by molar-refractivity contribution is 5.87. The lowest BCUT2D eigenvalue weighted by Gasteiger charge is -2.23. The van der Waals surface area contributed by atoms with Gasteiger partial charge in [0.25, 0.3) is 0 Å². The molecule has 1 atom stereocenters. The molecule has 0 fully saturated rings. The van der Waals surface area contributed by atoms with Crippen LogP contribution in [0.25, 0.3) is 0 Å². The first-order valence-electron chi connectivity index (χ1n) is 6.92. The number of rotatable bonds is 7. The summed E-state index contributed by atoms with van der Waals surface area (Å²) in [6.07, 6.45) is 2.59. The fourth-order valence-corrected chi connectivity index (χ4v) is 1.87. The van der Waals surface area contributed by atoms with Crippen molar-refractivity contribution in [1.82, 2.24) is 5.32 Å². The Morgan fingerprint density at radius 2 is 1.85 bits per heavy atom. The SMILES string of the molecule is CC(CCCc1ccccc1)C(=O)NC(C)(C)C(=O)O. The molecule has 4 nitrogen and oxygen atoms in total. The summed E-state index contributed by atoms with van der Waals surface area (Å²) in [4.78, 5) is 22.9. The fourth-order valence-electron chi connectivity index (χ4n) is 1.87. The summed E-state index contributed by atoms with van der Waals surface area (Å²) < 4.78 is 0. The molecule has 1 rings (SSSR count). The smallest absolute Gasteiger partial charge is 0.328 e. The van der Waals surface area contributed by atoms with Gasteiger partial charge < -0.3 is 10.4 Å². The monoisotopic (exact) mass is 277 g/mol. The van der Waals surface area contributed by atoms with Crippen LogP contribution < -0.4 is 5.32 Å². The van der Waals surface area contributed by atoms with Gasteiger partial charge in [0.2, 0.25) is 5.91 Å². The van der Waals surface area contributed by atoms with Gasteiger partial charge >= 0.3 is 5.97 Å². The molecule has 0 bridgehead atoms. The Morgan fingerprint density at radius 3 is 2.40 bits per heavy atom. The Morgan fingerprint density at radius 1 is 1.25 bits per heavy atom. The van der Waals surface area contributed by atoms with Crippen molar-refractivity contribution in [3.05, 3.63) is 35.9 Å². The number of hydrogen-bond donors (Lipinski definition) is 2. The molecule has 0 aliphatic carbocycles. The molecule has 0 spiro atoms. The summed E-state index contributed by atoms with van der Waals surface area (Å²) in [5.41, 5.74) is 0.0380. The molecule has 0 aliphatic rings. The van der Waals surface area contributed by atoms with Crippen molar-refractivity contribution in [2.75, 3.05) is 0 Å². The topological polar surface area (TPSA) is 66.4 Å². The van der Waals surface area contributed by atoms with Gasteiger partial charge in [0, 0.05) is 5.92 Å². The molecule has 1 aromatic rings. The second-order valence-electron chi connectivity index (χ2n) is 5.70. The number of carbonyl (C=O) groups is 2. The average molecular weight is 277 g/mol. The highest BCUT2D eigenvalue weighted by atomic mass is 16.4. The first-order chi connectivity index (χ1) is 9.33. The van der Waals surface area contributed by atoms with Crippen LogP contribution in [0.5, 0.6) is 0 Å². The van der Waals surface area contributed by atoms with Gasteiger partial charge in [-0.05, 0) is 38.7 Å². The lowest BCUT2D eigenvalue weighted by Crippen LogP contribution is -2.51. The number of benzene rings is 1. The van der Waals surface area contributed by atoms with Crippen LogP contribution in [-0.4, -0.2) is 22.5 Å². The summed E-state index contributed by atoms with van der Waals surface area (Å²) in [5.74, 6) is -1.41. The van der Waals surface area contributed by atoms with Crippen LogP contribution in [0.4, 0.5) is 0 Å². The van der Waals surface area contributed by atoms with Gasteiger partial charge in [-0.15, -0.1) is 0 Å². The summed E-state index contributed by atoms with van der Waals surface area (Å²) >= 11 is 0. The van der Waals surface area contributed by atoms with E-state index in [0.717, 1.165) is 19.3 Å². The van der Waals surface area contributed by atoms with E-state index in [4.69, 9.17) is 5.11 Å². The van der Waals surface area contributed by atoms with Crippen LogP contribution in [0.3, 0.4) is 0 Å². The number of nitrogens with one attached hydrogen (secondary N) is 1. The average Bonchev–Trinajstić information content (AvgIpc) is 2.39. The molecule has 1 unspecified atom stereocenters. The highest BCUT2D eigenvalue weighted by Crippen LogP contribution is 2.12. The minimum absolute atomic E-state index is 0.183. The number of carboxylic acid groups (broad SMARTS) is 1.